The third kappa shape index (κ3) is 2.42. The Hall–Kier alpha value is -1.33. The van der Waals surface area contributed by atoms with Gasteiger partial charge >= 0.3 is 0 Å². The number of nitrogens with zero attached hydrogens (tertiary/aromatic N) is 1. The lowest BCUT2D eigenvalue weighted by atomic mass is 10.2. The van der Waals surface area contributed by atoms with E-state index in [2.05, 4.69) is 9.71 Å². The molecule has 1 aromatic carbocycles. The van der Waals surface area contributed by atoms with Gasteiger partial charge in [0, 0.05) is 11.6 Å². The van der Waals surface area contributed by atoms with E-state index in [4.69, 9.17) is 11.6 Å². The molecule has 4 nitrogen and oxygen atoms in total. The van der Waals surface area contributed by atoms with Crippen molar-refractivity contribution >= 4 is 38.2 Å². The monoisotopic (exact) mass is 284 g/mol. The van der Waals surface area contributed by atoms with Gasteiger partial charge in [-0.1, -0.05) is 11.6 Å². The maximum absolute atomic E-state index is 11.9. The zero-order valence-electron chi connectivity index (χ0n) is 10.0. The summed E-state index contributed by atoms with van der Waals surface area (Å²) in [4.78, 5) is 4.17. The van der Waals surface area contributed by atoms with E-state index in [0.29, 0.717) is 16.2 Å². The molecule has 2 aromatic rings. The number of halogens is 1. The van der Waals surface area contributed by atoms with Crippen LogP contribution in [0.3, 0.4) is 0 Å². The van der Waals surface area contributed by atoms with E-state index < -0.39 is 15.3 Å². The highest BCUT2D eigenvalue weighted by atomic mass is 35.5. The highest BCUT2D eigenvalue weighted by Crippen LogP contribution is 2.28. The van der Waals surface area contributed by atoms with Crippen LogP contribution in [0, 0.1) is 0 Å². The summed E-state index contributed by atoms with van der Waals surface area (Å²) in [5.41, 5.74) is 0.998. The number of hydrogen-bond acceptors (Lipinski definition) is 3. The third-order valence-electron chi connectivity index (χ3n) is 2.59. The number of rotatable bonds is 3. The van der Waals surface area contributed by atoms with Crippen molar-refractivity contribution < 1.29 is 8.42 Å². The van der Waals surface area contributed by atoms with Crippen LogP contribution >= 0.6 is 11.6 Å². The van der Waals surface area contributed by atoms with Gasteiger partial charge in [-0.05, 0) is 38.1 Å². The highest BCUT2D eigenvalue weighted by Gasteiger charge is 2.17. The fourth-order valence-electron chi connectivity index (χ4n) is 1.49. The van der Waals surface area contributed by atoms with Crippen LogP contribution in [0.1, 0.15) is 13.8 Å². The minimum Gasteiger partial charge on any atom is -0.281 e. The Morgan fingerprint density at radius 2 is 2.00 bits per heavy atom. The lowest BCUT2D eigenvalue weighted by Gasteiger charge is -2.12. The maximum Gasteiger partial charge on any atom is 0.235 e. The molecule has 6 heteroatoms. The molecule has 0 aliphatic carbocycles. The van der Waals surface area contributed by atoms with Crippen LogP contribution in [0.15, 0.2) is 30.5 Å². The predicted octanol–water partition coefficient (Wildman–Crippen LogP) is 3.04. The van der Waals surface area contributed by atoms with E-state index in [1.165, 1.54) is 0 Å². The molecule has 0 bridgehead atoms. The molecular formula is C12H13ClN2O2S. The van der Waals surface area contributed by atoms with Crippen molar-refractivity contribution in [2.45, 2.75) is 19.1 Å². The van der Waals surface area contributed by atoms with Gasteiger partial charge in [0.2, 0.25) is 10.0 Å². The summed E-state index contributed by atoms with van der Waals surface area (Å²) < 4.78 is 26.3. The Labute approximate surface area is 111 Å². The van der Waals surface area contributed by atoms with Crippen LogP contribution in [0.5, 0.6) is 0 Å². The summed E-state index contributed by atoms with van der Waals surface area (Å²) in [5.74, 6) is 0. The number of aromatic nitrogens is 1. The lowest BCUT2D eigenvalue weighted by molar-refractivity contribution is 0.593. The van der Waals surface area contributed by atoms with Crippen LogP contribution in [0.2, 0.25) is 5.02 Å². The van der Waals surface area contributed by atoms with Crippen LogP contribution in [0.25, 0.3) is 10.9 Å². The van der Waals surface area contributed by atoms with Gasteiger partial charge in [-0.25, -0.2) is 8.42 Å². The van der Waals surface area contributed by atoms with Gasteiger partial charge in [-0.3, -0.25) is 9.71 Å². The number of benzene rings is 1. The Kier molecular flexibility index (Phi) is 3.45. The molecule has 0 amide bonds. The number of sulfonamides is 1. The summed E-state index contributed by atoms with van der Waals surface area (Å²) in [6.07, 6.45) is 1.60. The summed E-state index contributed by atoms with van der Waals surface area (Å²) in [7, 11) is -3.39. The molecule has 0 aliphatic rings. The molecule has 1 heterocycles. The first-order valence-corrected chi connectivity index (χ1v) is 7.39. The number of hydrogen-bond donors (Lipinski definition) is 1. The predicted molar refractivity (Wildman–Crippen MR) is 74.4 cm³/mol. The SMILES string of the molecule is CC(C)S(=O)(=O)Nc1ccc(Cl)c2cccnc12. The molecule has 2 rings (SSSR count). The van der Waals surface area contributed by atoms with Crippen molar-refractivity contribution in [1.82, 2.24) is 4.98 Å². The minimum absolute atomic E-state index is 0.448. The van der Waals surface area contributed by atoms with E-state index in [1.54, 1.807) is 44.3 Å². The topological polar surface area (TPSA) is 59.1 Å². The molecule has 18 heavy (non-hydrogen) atoms. The number of anilines is 1. The molecule has 96 valence electrons. The highest BCUT2D eigenvalue weighted by molar-refractivity contribution is 7.93. The molecule has 1 N–H and O–H groups in total. The van der Waals surface area contributed by atoms with Crippen LogP contribution in [0.4, 0.5) is 5.69 Å². The summed E-state index contributed by atoms with van der Waals surface area (Å²) in [6.45, 7) is 3.24. The minimum atomic E-state index is -3.39. The average Bonchev–Trinajstić information content (AvgIpc) is 2.33. The van der Waals surface area contributed by atoms with Gasteiger partial charge in [0.25, 0.3) is 0 Å². The normalized spacial score (nSPS) is 12.0. The number of nitrogens with one attached hydrogen (secondary N) is 1. The Balaban J connectivity index is 2.57. The fraction of sp³-hybridized carbons (Fsp3) is 0.250. The van der Waals surface area contributed by atoms with Crippen molar-refractivity contribution in [2.75, 3.05) is 4.72 Å². The molecule has 0 unspecified atom stereocenters. The third-order valence-corrected chi connectivity index (χ3v) is 4.66. The standard InChI is InChI=1S/C12H13ClN2O2S/c1-8(2)18(16,17)15-11-6-5-10(13)9-4-3-7-14-12(9)11/h3-8,15H,1-2H3. The molecule has 0 saturated carbocycles. The van der Waals surface area contributed by atoms with Crippen molar-refractivity contribution in [2.24, 2.45) is 0 Å². The van der Waals surface area contributed by atoms with Gasteiger partial charge < -0.3 is 0 Å². The van der Waals surface area contributed by atoms with Gasteiger partial charge in [-0.2, -0.15) is 0 Å². The molecule has 0 saturated heterocycles. The summed E-state index contributed by atoms with van der Waals surface area (Å²) in [5, 5.41) is 0.764. The second-order valence-electron chi connectivity index (χ2n) is 4.19. The summed E-state index contributed by atoms with van der Waals surface area (Å²) >= 11 is 6.05. The second-order valence-corrected chi connectivity index (χ2v) is 6.83. The summed E-state index contributed by atoms with van der Waals surface area (Å²) in [6, 6.07) is 6.84. The van der Waals surface area contributed by atoms with Crippen LogP contribution < -0.4 is 4.72 Å². The molecule has 0 aliphatic heterocycles. The zero-order valence-corrected chi connectivity index (χ0v) is 11.6. The van der Waals surface area contributed by atoms with Crippen molar-refractivity contribution in [3.8, 4) is 0 Å². The van der Waals surface area contributed by atoms with Gasteiger partial charge in [0.1, 0.15) is 0 Å². The van der Waals surface area contributed by atoms with Gasteiger partial charge in [0.15, 0.2) is 0 Å². The quantitative estimate of drug-likeness (QED) is 0.942. The number of fused-ring (bicyclic) bond motifs is 1. The number of pyridine rings is 1. The van der Waals surface area contributed by atoms with Crippen LogP contribution in [-0.2, 0) is 10.0 Å². The molecule has 0 radical (unpaired) electrons. The fourth-order valence-corrected chi connectivity index (χ4v) is 2.41. The van der Waals surface area contributed by atoms with Gasteiger partial charge in [0.05, 0.1) is 21.5 Å². The van der Waals surface area contributed by atoms with E-state index >= 15 is 0 Å². The maximum atomic E-state index is 11.9. The molecule has 0 atom stereocenters. The zero-order chi connectivity index (χ0) is 13.3. The molecule has 1 aromatic heterocycles. The first-order chi connectivity index (χ1) is 8.42. The van der Waals surface area contributed by atoms with Crippen LogP contribution in [-0.4, -0.2) is 18.7 Å². The first kappa shape index (κ1) is 13.1. The Bertz CT molecular complexity index is 684. The van der Waals surface area contributed by atoms with Crippen molar-refractivity contribution in [3.63, 3.8) is 0 Å². The first-order valence-electron chi connectivity index (χ1n) is 5.46. The van der Waals surface area contributed by atoms with Gasteiger partial charge in [-0.15, -0.1) is 0 Å². The largest absolute Gasteiger partial charge is 0.281 e. The van der Waals surface area contributed by atoms with E-state index in [0.717, 1.165) is 5.39 Å². The smallest absolute Gasteiger partial charge is 0.235 e. The molecular weight excluding hydrogens is 272 g/mol. The lowest BCUT2D eigenvalue weighted by Crippen LogP contribution is -2.22. The Morgan fingerprint density at radius 1 is 1.28 bits per heavy atom. The van der Waals surface area contributed by atoms with Crippen molar-refractivity contribution in [1.29, 1.82) is 0 Å². The van der Waals surface area contributed by atoms with E-state index in [1.807, 2.05) is 0 Å². The van der Waals surface area contributed by atoms with E-state index in [-0.39, 0.29) is 0 Å². The average molecular weight is 285 g/mol. The molecule has 0 spiro atoms. The Morgan fingerprint density at radius 3 is 2.67 bits per heavy atom. The molecule has 0 fully saturated rings. The van der Waals surface area contributed by atoms with E-state index in [9.17, 15) is 8.42 Å². The second kappa shape index (κ2) is 4.74. The van der Waals surface area contributed by atoms with Crippen molar-refractivity contribution in [3.05, 3.63) is 35.5 Å².